The van der Waals surface area contributed by atoms with Crippen LogP contribution < -0.4 is 4.90 Å². The lowest BCUT2D eigenvalue weighted by molar-refractivity contribution is -0.0264. The Kier molecular flexibility index (Phi) is 4.66. The van der Waals surface area contributed by atoms with E-state index in [1.807, 2.05) is 16.7 Å². The molecule has 0 bridgehead atoms. The van der Waals surface area contributed by atoms with Gasteiger partial charge in [0.1, 0.15) is 17.2 Å². The Morgan fingerprint density at radius 1 is 1.22 bits per heavy atom. The number of halogens is 2. The zero-order valence-corrected chi connectivity index (χ0v) is 17.6. The number of imidazole rings is 1. The monoisotopic (exact) mass is 436 g/mol. The number of carbonyl (C=O) groups is 1. The topological polar surface area (TPSA) is 51.7 Å². The maximum Gasteiger partial charge on any atom is 0.415 e. The number of amides is 1. The van der Waals surface area contributed by atoms with Gasteiger partial charge in [0.2, 0.25) is 0 Å². The van der Waals surface area contributed by atoms with Crippen LogP contribution in [-0.2, 0) is 11.3 Å². The van der Waals surface area contributed by atoms with Gasteiger partial charge in [0.05, 0.1) is 36.2 Å². The van der Waals surface area contributed by atoms with E-state index in [-0.39, 0.29) is 17.6 Å². The van der Waals surface area contributed by atoms with E-state index in [2.05, 4.69) is 16.8 Å². The van der Waals surface area contributed by atoms with Gasteiger partial charge in [0, 0.05) is 12.6 Å². The van der Waals surface area contributed by atoms with Crippen LogP contribution in [0.3, 0.4) is 0 Å². The first-order valence-corrected chi connectivity index (χ1v) is 10.6. The van der Waals surface area contributed by atoms with Crippen molar-refractivity contribution in [1.29, 1.82) is 0 Å². The van der Waals surface area contributed by atoms with Crippen LogP contribution in [-0.4, -0.2) is 27.8 Å². The number of rotatable bonds is 3. The Morgan fingerprint density at radius 2 is 2.06 bits per heavy atom. The summed E-state index contributed by atoms with van der Waals surface area (Å²) in [5, 5.41) is 0. The van der Waals surface area contributed by atoms with Gasteiger partial charge in [-0.1, -0.05) is 13.0 Å². The van der Waals surface area contributed by atoms with Crippen molar-refractivity contribution in [2.45, 2.75) is 44.8 Å². The lowest BCUT2D eigenvalue weighted by Crippen LogP contribution is -2.45. The number of nitrogens with zero attached hydrogens (tertiary/aromatic N) is 4. The van der Waals surface area contributed by atoms with Crippen LogP contribution in [0.5, 0.6) is 0 Å². The van der Waals surface area contributed by atoms with Gasteiger partial charge in [-0.25, -0.2) is 23.4 Å². The van der Waals surface area contributed by atoms with Gasteiger partial charge in [-0.3, -0.25) is 4.90 Å². The first-order chi connectivity index (χ1) is 15.3. The van der Waals surface area contributed by atoms with E-state index < -0.39 is 23.3 Å². The Balaban J connectivity index is 1.41. The van der Waals surface area contributed by atoms with Gasteiger partial charge in [-0.15, -0.1) is 0 Å². The third-order valence-electron chi connectivity index (χ3n) is 6.62. The average molecular weight is 436 g/mol. The number of benzene rings is 2. The predicted octanol–water partition coefficient (Wildman–Crippen LogP) is 5.84. The summed E-state index contributed by atoms with van der Waals surface area (Å²) in [6.45, 7) is 10.3. The zero-order valence-electron chi connectivity index (χ0n) is 17.6. The van der Waals surface area contributed by atoms with Crippen molar-refractivity contribution in [3.8, 4) is 0 Å². The molecular formula is C24H22F2N4O2. The molecule has 2 heterocycles. The summed E-state index contributed by atoms with van der Waals surface area (Å²) in [5.41, 5.74) is 1.24. The van der Waals surface area contributed by atoms with Gasteiger partial charge in [-0.05, 0) is 55.4 Å². The van der Waals surface area contributed by atoms with Crippen molar-refractivity contribution in [1.82, 2.24) is 9.55 Å². The minimum atomic E-state index is -0.749. The van der Waals surface area contributed by atoms with E-state index in [1.165, 1.54) is 4.90 Å². The number of aromatic nitrogens is 2. The lowest BCUT2D eigenvalue weighted by Gasteiger charge is -2.43. The standard InChI is InChI=1S/C24H22F2N4O2/c1-23(13-29-15-28-19-7-5-17(27-2)11-21(19)29)8-3-9-24(12-23)14-30(22(31)32-24)20-10-16(25)4-6-18(20)26/h4-7,10-11,15H,3,8-9,12-14H2,1H3/t23-,24-/m0/s1. The van der Waals surface area contributed by atoms with Crippen LogP contribution in [0.15, 0.2) is 42.7 Å². The van der Waals surface area contributed by atoms with E-state index in [1.54, 1.807) is 12.4 Å². The Labute approximate surface area is 184 Å². The molecule has 2 aliphatic rings. The zero-order chi connectivity index (χ0) is 22.5. The van der Waals surface area contributed by atoms with Gasteiger partial charge in [0.25, 0.3) is 0 Å². The fourth-order valence-corrected chi connectivity index (χ4v) is 5.30. The third-order valence-corrected chi connectivity index (χ3v) is 6.62. The fourth-order valence-electron chi connectivity index (χ4n) is 5.30. The summed E-state index contributed by atoms with van der Waals surface area (Å²) in [6, 6.07) is 8.51. The van der Waals surface area contributed by atoms with Crippen molar-refractivity contribution in [2.24, 2.45) is 5.41 Å². The number of carbonyl (C=O) groups excluding carboxylic acids is 1. The molecule has 0 unspecified atom stereocenters. The first-order valence-electron chi connectivity index (χ1n) is 10.6. The minimum absolute atomic E-state index is 0.0913. The highest BCUT2D eigenvalue weighted by molar-refractivity contribution is 5.90. The highest BCUT2D eigenvalue weighted by Crippen LogP contribution is 2.48. The highest BCUT2D eigenvalue weighted by Gasteiger charge is 2.52. The number of anilines is 1. The van der Waals surface area contributed by atoms with Gasteiger partial charge in [-0.2, -0.15) is 0 Å². The Hall–Kier alpha value is -3.47. The Bertz CT molecular complexity index is 1270. The molecule has 32 heavy (non-hydrogen) atoms. The molecule has 164 valence electrons. The van der Waals surface area contributed by atoms with E-state index in [0.29, 0.717) is 25.1 Å². The summed E-state index contributed by atoms with van der Waals surface area (Å²) >= 11 is 0. The smallest absolute Gasteiger partial charge is 0.415 e. The molecule has 1 saturated carbocycles. The fraction of sp³-hybridized carbons (Fsp3) is 0.375. The summed E-state index contributed by atoms with van der Waals surface area (Å²) in [6.07, 6.45) is 4.19. The van der Waals surface area contributed by atoms with Crippen molar-refractivity contribution in [3.05, 3.63) is 65.8 Å². The lowest BCUT2D eigenvalue weighted by atomic mass is 9.68. The highest BCUT2D eigenvalue weighted by atomic mass is 19.1. The van der Waals surface area contributed by atoms with E-state index in [9.17, 15) is 13.6 Å². The average Bonchev–Trinajstić information content (AvgIpc) is 3.29. The van der Waals surface area contributed by atoms with Crippen molar-refractivity contribution in [2.75, 3.05) is 11.4 Å². The van der Waals surface area contributed by atoms with Crippen molar-refractivity contribution >= 4 is 28.5 Å². The van der Waals surface area contributed by atoms with Gasteiger partial charge >= 0.3 is 6.09 Å². The Morgan fingerprint density at radius 3 is 2.88 bits per heavy atom. The third kappa shape index (κ3) is 3.48. The van der Waals surface area contributed by atoms with Crippen molar-refractivity contribution in [3.63, 3.8) is 0 Å². The molecular weight excluding hydrogens is 414 g/mol. The van der Waals surface area contributed by atoms with Crippen LogP contribution in [0, 0.1) is 23.6 Å². The van der Waals surface area contributed by atoms with Gasteiger partial charge in [0.15, 0.2) is 5.69 Å². The van der Waals surface area contributed by atoms with Crippen LogP contribution in [0.1, 0.15) is 32.6 Å². The molecule has 0 N–H and O–H groups in total. The summed E-state index contributed by atoms with van der Waals surface area (Å²) < 4.78 is 35.9. The van der Waals surface area contributed by atoms with Crippen LogP contribution in [0.25, 0.3) is 15.9 Å². The summed E-state index contributed by atoms with van der Waals surface area (Å²) in [5.74, 6) is -1.26. The number of hydrogen-bond donors (Lipinski definition) is 0. The predicted molar refractivity (Wildman–Crippen MR) is 115 cm³/mol. The SMILES string of the molecule is [C-]#[N+]c1ccc2ncn(C[C@@]3(C)CCC[C@@]4(CN(c5cc(F)ccc5F)C(=O)O4)C3)c2c1. The second-order valence-corrected chi connectivity index (χ2v) is 9.23. The van der Waals surface area contributed by atoms with Gasteiger partial charge < -0.3 is 9.30 Å². The second kappa shape index (κ2) is 7.30. The normalized spacial score (nSPS) is 25.3. The molecule has 2 fully saturated rings. The molecule has 1 amide bonds. The number of fused-ring (bicyclic) bond motifs is 1. The summed E-state index contributed by atoms with van der Waals surface area (Å²) in [4.78, 5) is 21.8. The molecule has 8 heteroatoms. The number of ether oxygens (including phenoxy) is 1. The maximum absolute atomic E-state index is 14.3. The van der Waals surface area contributed by atoms with E-state index in [4.69, 9.17) is 11.3 Å². The molecule has 2 aromatic carbocycles. The molecule has 3 aromatic rings. The first kappa shape index (κ1) is 20.4. The quantitative estimate of drug-likeness (QED) is 0.485. The molecule has 0 radical (unpaired) electrons. The molecule has 1 spiro atoms. The minimum Gasteiger partial charge on any atom is -0.441 e. The second-order valence-electron chi connectivity index (χ2n) is 9.23. The van der Waals surface area contributed by atoms with E-state index >= 15 is 0 Å². The van der Waals surface area contributed by atoms with Crippen molar-refractivity contribution < 1.29 is 18.3 Å². The molecule has 1 aliphatic heterocycles. The maximum atomic E-state index is 14.3. The molecule has 5 rings (SSSR count). The molecule has 2 atom stereocenters. The molecule has 6 nitrogen and oxygen atoms in total. The number of hydrogen-bond acceptors (Lipinski definition) is 3. The molecule has 1 aromatic heterocycles. The summed E-state index contributed by atoms with van der Waals surface area (Å²) in [7, 11) is 0. The molecule has 1 aliphatic carbocycles. The van der Waals surface area contributed by atoms with Crippen LogP contribution in [0.4, 0.5) is 25.0 Å². The molecule has 1 saturated heterocycles. The van der Waals surface area contributed by atoms with Crippen LogP contribution >= 0.6 is 0 Å². The van der Waals surface area contributed by atoms with Crippen LogP contribution in [0.2, 0.25) is 0 Å². The van der Waals surface area contributed by atoms with E-state index in [0.717, 1.165) is 42.1 Å². The largest absolute Gasteiger partial charge is 0.441 e.